The lowest BCUT2D eigenvalue weighted by Gasteiger charge is -2.29. The van der Waals surface area contributed by atoms with Crippen LogP contribution >= 0.6 is 0 Å². The van der Waals surface area contributed by atoms with E-state index < -0.39 is 12.0 Å². The fourth-order valence-corrected chi connectivity index (χ4v) is 0.753. The smallest absolute Gasteiger partial charge is 0.320 e. The summed E-state index contributed by atoms with van der Waals surface area (Å²) in [5, 5.41) is 8.59. The van der Waals surface area contributed by atoms with Crippen LogP contribution in [0.25, 0.3) is 0 Å². The van der Waals surface area contributed by atoms with Crippen LogP contribution in [0, 0.1) is 11.3 Å². The minimum absolute atomic E-state index is 0.0139. The zero-order valence-corrected chi connectivity index (χ0v) is 7.59. The standard InChI is InChI=1S/C8H17NO2/c1-5(8(2,3)4)6(9)7(10)11/h5-6H,9H2,1-4H3,(H,10,11). The number of carbonyl (C=O) groups is 1. The fourth-order valence-electron chi connectivity index (χ4n) is 0.753. The highest BCUT2D eigenvalue weighted by molar-refractivity contribution is 5.73. The first kappa shape index (κ1) is 10.4. The maximum atomic E-state index is 10.5. The van der Waals surface area contributed by atoms with Crippen LogP contribution in [0.15, 0.2) is 0 Å². The van der Waals surface area contributed by atoms with Gasteiger partial charge in [0.2, 0.25) is 0 Å². The van der Waals surface area contributed by atoms with Gasteiger partial charge >= 0.3 is 5.97 Å². The number of hydrogen-bond acceptors (Lipinski definition) is 2. The Hall–Kier alpha value is -0.570. The lowest BCUT2D eigenvalue weighted by Crippen LogP contribution is -2.42. The lowest BCUT2D eigenvalue weighted by molar-refractivity contribution is -0.140. The van der Waals surface area contributed by atoms with Gasteiger partial charge in [0, 0.05) is 0 Å². The molecule has 0 aliphatic rings. The van der Waals surface area contributed by atoms with Crippen molar-refractivity contribution < 1.29 is 9.90 Å². The van der Waals surface area contributed by atoms with E-state index in [0.717, 1.165) is 0 Å². The summed E-state index contributed by atoms with van der Waals surface area (Å²) in [5.74, 6) is -0.938. The van der Waals surface area contributed by atoms with Crippen molar-refractivity contribution >= 4 is 5.97 Å². The quantitative estimate of drug-likeness (QED) is 0.633. The fraction of sp³-hybridized carbons (Fsp3) is 0.875. The molecule has 2 atom stereocenters. The highest BCUT2D eigenvalue weighted by Crippen LogP contribution is 2.27. The molecule has 0 aromatic carbocycles. The lowest BCUT2D eigenvalue weighted by atomic mass is 9.78. The van der Waals surface area contributed by atoms with Gasteiger partial charge in [-0.1, -0.05) is 27.7 Å². The molecule has 0 saturated carbocycles. The van der Waals surface area contributed by atoms with Gasteiger partial charge in [-0.2, -0.15) is 0 Å². The van der Waals surface area contributed by atoms with E-state index in [1.165, 1.54) is 0 Å². The van der Waals surface area contributed by atoms with Gasteiger partial charge in [-0.05, 0) is 11.3 Å². The van der Waals surface area contributed by atoms with E-state index in [9.17, 15) is 4.79 Å². The van der Waals surface area contributed by atoms with Gasteiger partial charge in [-0.3, -0.25) is 4.79 Å². The number of carboxylic acid groups (broad SMARTS) is 1. The summed E-state index contributed by atoms with van der Waals surface area (Å²) in [6.07, 6.45) is 0. The first-order chi connectivity index (χ1) is 4.76. The van der Waals surface area contributed by atoms with Gasteiger partial charge in [-0.25, -0.2) is 0 Å². The maximum absolute atomic E-state index is 10.5. The van der Waals surface area contributed by atoms with Gasteiger partial charge in [0.25, 0.3) is 0 Å². The molecule has 0 rings (SSSR count). The van der Waals surface area contributed by atoms with Crippen LogP contribution in [-0.2, 0) is 4.79 Å². The van der Waals surface area contributed by atoms with Gasteiger partial charge < -0.3 is 10.8 Å². The van der Waals surface area contributed by atoms with Gasteiger partial charge in [0.15, 0.2) is 0 Å². The second-order valence-electron chi connectivity index (χ2n) is 4.02. The molecule has 3 heteroatoms. The molecule has 0 saturated heterocycles. The first-order valence-corrected chi connectivity index (χ1v) is 3.75. The molecular formula is C8H17NO2. The number of rotatable bonds is 2. The van der Waals surface area contributed by atoms with E-state index in [1.54, 1.807) is 0 Å². The van der Waals surface area contributed by atoms with Gasteiger partial charge in [0.05, 0.1) is 0 Å². The second-order valence-corrected chi connectivity index (χ2v) is 4.02. The molecule has 11 heavy (non-hydrogen) atoms. The molecule has 0 radical (unpaired) electrons. The van der Waals surface area contributed by atoms with Gasteiger partial charge in [0.1, 0.15) is 6.04 Å². The van der Waals surface area contributed by atoms with Crippen LogP contribution in [0.4, 0.5) is 0 Å². The third kappa shape index (κ3) is 2.89. The molecule has 0 amide bonds. The van der Waals surface area contributed by atoms with Crippen LogP contribution in [0.2, 0.25) is 0 Å². The van der Waals surface area contributed by atoms with Crippen molar-refractivity contribution in [1.29, 1.82) is 0 Å². The summed E-state index contributed by atoms with van der Waals surface area (Å²) in [4.78, 5) is 10.5. The molecule has 0 heterocycles. The van der Waals surface area contributed by atoms with E-state index in [1.807, 2.05) is 27.7 Å². The van der Waals surface area contributed by atoms with E-state index in [-0.39, 0.29) is 11.3 Å². The maximum Gasteiger partial charge on any atom is 0.320 e. The molecule has 0 fully saturated rings. The van der Waals surface area contributed by atoms with Gasteiger partial charge in [-0.15, -0.1) is 0 Å². The van der Waals surface area contributed by atoms with Crippen molar-refractivity contribution in [3.8, 4) is 0 Å². The summed E-state index contributed by atoms with van der Waals surface area (Å²) < 4.78 is 0. The predicted octanol–water partition coefficient (Wildman–Crippen LogP) is 1.08. The summed E-state index contributed by atoms with van der Waals surface area (Å²) in [7, 11) is 0. The van der Waals surface area contributed by atoms with E-state index >= 15 is 0 Å². The van der Waals surface area contributed by atoms with Crippen molar-refractivity contribution in [3.05, 3.63) is 0 Å². The SMILES string of the molecule is CC(C(N)C(=O)O)C(C)(C)C. The van der Waals surface area contributed by atoms with Crippen molar-refractivity contribution in [2.24, 2.45) is 17.1 Å². The zero-order valence-electron chi connectivity index (χ0n) is 7.59. The van der Waals surface area contributed by atoms with E-state index in [0.29, 0.717) is 0 Å². The highest BCUT2D eigenvalue weighted by atomic mass is 16.4. The van der Waals surface area contributed by atoms with Crippen LogP contribution in [0.3, 0.4) is 0 Å². The minimum Gasteiger partial charge on any atom is -0.480 e. The molecule has 3 N–H and O–H groups in total. The number of nitrogens with two attached hydrogens (primary N) is 1. The Bertz CT molecular complexity index is 149. The monoisotopic (exact) mass is 159 g/mol. The Morgan fingerprint density at radius 1 is 1.45 bits per heavy atom. The zero-order chi connectivity index (χ0) is 9.23. The number of carboxylic acids is 1. The topological polar surface area (TPSA) is 63.3 Å². The number of hydrogen-bond donors (Lipinski definition) is 2. The molecule has 0 bridgehead atoms. The van der Waals surface area contributed by atoms with Crippen molar-refractivity contribution in [1.82, 2.24) is 0 Å². The third-order valence-electron chi connectivity index (χ3n) is 2.19. The van der Waals surface area contributed by atoms with E-state index in [2.05, 4.69) is 0 Å². The molecule has 3 nitrogen and oxygen atoms in total. The summed E-state index contributed by atoms with van der Waals surface area (Å²) >= 11 is 0. The Morgan fingerprint density at radius 2 is 1.82 bits per heavy atom. The molecular weight excluding hydrogens is 142 g/mol. The molecule has 66 valence electrons. The normalized spacial score (nSPS) is 17.5. The second kappa shape index (κ2) is 3.22. The number of aliphatic carboxylic acids is 1. The Kier molecular flexibility index (Phi) is 3.05. The van der Waals surface area contributed by atoms with Crippen LogP contribution < -0.4 is 5.73 Å². The third-order valence-corrected chi connectivity index (χ3v) is 2.19. The first-order valence-electron chi connectivity index (χ1n) is 3.75. The molecule has 2 unspecified atom stereocenters. The van der Waals surface area contributed by atoms with Crippen molar-refractivity contribution in [2.45, 2.75) is 33.7 Å². The summed E-state index contributed by atoms with van der Waals surface area (Å²) in [6, 6.07) is -0.755. The molecule has 0 aliphatic heterocycles. The largest absolute Gasteiger partial charge is 0.480 e. The van der Waals surface area contributed by atoms with Crippen molar-refractivity contribution in [3.63, 3.8) is 0 Å². The van der Waals surface area contributed by atoms with Crippen LogP contribution in [-0.4, -0.2) is 17.1 Å². The van der Waals surface area contributed by atoms with Crippen molar-refractivity contribution in [2.75, 3.05) is 0 Å². The van der Waals surface area contributed by atoms with Crippen LogP contribution in [0.1, 0.15) is 27.7 Å². The Morgan fingerprint density at radius 3 is 1.91 bits per heavy atom. The Balaban J connectivity index is 4.25. The minimum atomic E-state index is -0.924. The van der Waals surface area contributed by atoms with E-state index in [4.69, 9.17) is 10.8 Å². The molecule has 0 aromatic heterocycles. The average molecular weight is 159 g/mol. The van der Waals surface area contributed by atoms with Crippen LogP contribution in [0.5, 0.6) is 0 Å². The average Bonchev–Trinajstić information content (AvgIpc) is 1.82. The molecule has 0 spiro atoms. The Labute approximate surface area is 67.6 Å². The highest BCUT2D eigenvalue weighted by Gasteiger charge is 2.29. The predicted molar refractivity (Wildman–Crippen MR) is 44.2 cm³/mol. The molecule has 0 aromatic rings. The summed E-state index contributed by atoms with van der Waals surface area (Å²) in [5.41, 5.74) is 5.40. The summed E-state index contributed by atoms with van der Waals surface area (Å²) in [6.45, 7) is 7.82. The molecule has 0 aliphatic carbocycles.